The van der Waals surface area contributed by atoms with Crippen molar-refractivity contribution in [1.29, 1.82) is 0 Å². The summed E-state index contributed by atoms with van der Waals surface area (Å²) in [4.78, 5) is 2.76. The molecule has 4 aliphatic carbocycles. The van der Waals surface area contributed by atoms with Gasteiger partial charge in [0.1, 0.15) is 12.2 Å². The van der Waals surface area contributed by atoms with Gasteiger partial charge in [-0.3, -0.25) is 0 Å². The van der Waals surface area contributed by atoms with Gasteiger partial charge in [0, 0.05) is 34.8 Å². The van der Waals surface area contributed by atoms with Gasteiger partial charge in [0.15, 0.2) is 0 Å². The largest absolute Gasteiger partial charge is 0.381 e. The first-order valence-electron chi connectivity index (χ1n) is 12.0. The zero-order chi connectivity index (χ0) is 21.1. The molecule has 8 unspecified atom stereocenters. The van der Waals surface area contributed by atoms with Crippen molar-refractivity contribution in [2.24, 2.45) is 22.7 Å². The SMILES string of the molecule is COC1CC2CCC1(C(OC(c1cccs1)C13CCC(CC1OC)C3)c1cccs1)C2. The van der Waals surface area contributed by atoms with Gasteiger partial charge in [0.25, 0.3) is 0 Å². The Bertz CT molecular complexity index is 808. The van der Waals surface area contributed by atoms with E-state index in [-0.39, 0.29) is 23.0 Å². The molecule has 4 saturated carbocycles. The lowest BCUT2D eigenvalue weighted by Gasteiger charge is -2.46. The second-order valence-corrected chi connectivity index (χ2v) is 12.5. The number of fused-ring (bicyclic) bond motifs is 4. The Kier molecular flexibility index (Phi) is 5.35. The van der Waals surface area contributed by atoms with Crippen LogP contribution in [0.1, 0.15) is 73.3 Å². The molecule has 31 heavy (non-hydrogen) atoms. The summed E-state index contributed by atoms with van der Waals surface area (Å²) in [6, 6.07) is 8.97. The van der Waals surface area contributed by atoms with E-state index in [0.29, 0.717) is 12.2 Å². The van der Waals surface area contributed by atoms with Crippen LogP contribution in [0.5, 0.6) is 0 Å². The van der Waals surface area contributed by atoms with Gasteiger partial charge in [-0.15, -0.1) is 22.7 Å². The Morgan fingerprint density at radius 1 is 0.806 bits per heavy atom. The van der Waals surface area contributed by atoms with Crippen molar-refractivity contribution in [3.63, 3.8) is 0 Å². The molecule has 4 fully saturated rings. The van der Waals surface area contributed by atoms with E-state index in [2.05, 4.69) is 35.0 Å². The van der Waals surface area contributed by atoms with Gasteiger partial charge in [-0.05, 0) is 86.1 Å². The molecule has 5 heteroatoms. The molecule has 8 atom stereocenters. The lowest BCUT2D eigenvalue weighted by Crippen LogP contribution is -2.43. The van der Waals surface area contributed by atoms with E-state index >= 15 is 0 Å². The summed E-state index contributed by atoms with van der Waals surface area (Å²) in [5.74, 6) is 1.59. The molecule has 0 aromatic carbocycles. The first-order chi connectivity index (χ1) is 15.2. The summed E-state index contributed by atoms with van der Waals surface area (Å²) in [6.07, 6.45) is 10.8. The Morgan fingerprint density at radius 3 is 1.65 bits per heavy atom. The first kappa shape index (κ1) is 20.9. The molecule has 0 radical (unpaired) electrons. The van der Waals surface area contributed by atoms with Crippen LogP contribution in [0.2, 0.25) is 0 Å². The number of rotatable bonds is 8. The molecule has 2 aromatic rings. The molecule has 6 rings (SSSR count). The molecule has 0 amide bonds. The van der Waals surface area contributed by atoms with Crippen molar-refractivity contribution in [2.75, 3.05) is 14.2 Å². The van der Waals surface area contributed by atoms with Crippen LogP contribution in [0, 0.1) is 22.7 Å². The fraction of sp³-hybridized carbons (Fsp3) is 0.692. The Morgan fingerprint density at radius 2 is 1.29 bits per heavy atom. The minimum Gasteiger partial charge on any atom is -0.381 e. The van der Waals surface area contributed by atoms with Crippen molar-refractivity contribution in [2.45, 2.75) is 75.8 Å². The standard InChI is InChI=1S/C26H34O3S2/c1-27-21-13-17-7-9-25(21,15-17)23(19-5-3-11-30-19)29-24(20-6-4-12-31-20)26-10-8-18(16-26)14-22(26)28-2/h3-6,11-12,17-18,21-24H,7-10,13-16H2,1-2H3. The van der Waals surface area contributed by atoms with Gasteiger partial charge < -0.3 is 14.2 Å². The highest BCUT2D eigenvalue weighted by molar-refractivity contribution is 7.10. The molecule has 2 aromatic heterocycles. The molecule has 0 saturated heterocycles. The predicted molar refractivity (Wildman–Crippen MR) is 126 cm³/mol. The van der Waals surface area contributed by atoms with E-state index < -0.39 is 0 Å². The van der Waals surface area contributed by atoms with Gasteiger partial charge >= 0.3 is 0 Å². The van der Waals surface area contributed by atoms with Crippen LogP contribution in [0.15, 0.2) is 35.0 Å². The molecular formula is C26H34O3S2. The maximum atomic E-state index is 7.47. The van der Waals surface area contributed by atoms with E-state index in [1.807, 2.05) is 36.9 Å². The molecule has 2 heterocycles. The highest BCUT2D eigenvalue weighted by Gasteiger charge is 2.62. The van der Waals surface area contributed by atoms with Gasteiger partial charge in [0.2, 0.25) is 0 Å². The average molecular weight is 459 g/mol. The summed E-state index contributed by atoms with van der Waals surface area (Å²) in [6.45, 7) is 0. The third-order valence-corrected chi connectivity index (χ3v) is 11.1. The first-order valence-corrected chi connectivity index (χ1v) is 13.7. The fourth-order valence-electron chi connectivity index (χ4n) is 7.96. The highest BCUT2D eigenvalue weighted by atomic mass is 32.1. The number of hydrogen-bond donors (Lipinski definition) is 0. The van der Waals surface area contributed by atoms with Crippen LogP contribution in [0.3, 0.4) is 0 Å². The molecule has 4 bridgehead atoms. The third kappa shape index (κ3) is 3.14. The zero-order valence-electron chi connectivity index (χ0n) is 18.6. The number of hydrogen-bond acceptors (Lipinski definition) is 5. The summed E-state index contributed by atoms with van der Waals surface area (Å²) >= 11 is 3.72. The smallest absolute Gasteiger partial charge is 0.101 e. The van der Waals surface area contributed by atoms with Crippen molar-refractivity contribution < 1.29 is 14.2 Å². The van der Waals surface area contributed by atoms with Gasteiger partial charge in [-0.25, -0.2) is 0 Å². The van der Waals surface area contributed by atoms with Crippen LogP contribution >= 0.6 is 22.7 Å². The molecule has 168 valence electrons. The summed E-state index contributed by atoms with van der Waals surface area (Å²) < 4.78 is 19.7. The monoisotopic (exact) mass is 458 g/mol. The van der Waals surface area contributed by atoms with Crippen molar-refractivity contribution in [3.8, 4) is 0 Å². The number of methoxy groups -OCH3 is 2. The van der Waals surface area contributed by atoms with E-state index in [1.165, 1.54) is 61.1 Å². The lowest BCUT2D eigenvalue weighted by atomic mass is 9.73. The van der Waals surface area contributed by atoms with E-state index in [9.17, 15) is 0 Å². The Labute approximate surface area is 194 Å². The van der Waals surface area contributed by atoms with Crippen molar-refractivity contribution in [1.82, 2.24) is 0 Å². The number of thiophene rings is 2. The van der Waals surface area contributed by atoms with Crippen LogP contribution < -0.4 is 0 Å². The molecular weight excluding hydrogens is 424 g/mol. The molecule has 4 aliphatic rings. The van der Waals surface area contributed by atoms with E-state index in [1.54, 1.807) is 0 Å². The van der Waals surface area contributed by atoms with E-state index in [4.69, 9.17) is 14.2 Å². The van der Waals surface area contributed by atoms with Crippen LogP contribution in [-0.4, -0.2) is 26.4 Å². The maximum absolute atomic E-state index is 7.47. The summed E-state index contributed by atoms with van der Waals surface area (Å²) in [7, 11) is 3.82. The normalized spacial score (nSPS) is 40.6. The zero-order valence-corrected chi connectivity index (χ0v) is 20.3. The van der Waals surface area contributed by atoms with E-state index in [0.717, 1.165) is 11.8 Å². The topological polar surface area (TPSA) is 27.7 Å². The fourth-order valence-corrected chi connectivity index (χ4v) is 9.73. The minimum atomic E-state index is 0.101. The van der Waals surface area contributed by atoms with Gasteiger partial charge in [0.05, 0.1) is 12.2 Å². The Balaban J connectivity index is 1.43. The molecule has 0 spiro atoms. The Hall–Kier alpha value is -0.720. The molecule has 3 nitrogen and oxygen atoms in total. The second kappa shape index (κ2) is 7.95. The highest BCUT2D eigenvalue weighted by Crippen LogP contribution is 2.67. The molecule has 0 N–H and O–H groups in total. The van der Waals surface area contributed by atoms with Crippen LogP contribution in [0.25, 0.3) is 0 Å². The average Bonchev–Trinajstić information content (AvgIpc) is 3.61. The van der Waals surface area contributed by atoms with Gasteiger partial charge in [-0.2, -0.15) is 0 Å². The van der Waals surface area contributed by atoms with Crippen molar-refractivity contribution >= 4 is 22.7 Å². The van der Waals surface area contributed by atoms with Crippen LogP contribution in [-0.2, 0) is 14.2 Å². The maximum Gasteiger partial charge on any atom is 0.101 e. The third-order valence-electron chi connectivity index (χ3n) is 9.24. The lowest BCUT2D eigenvalue weighted by molar-refractivity contribution is -0.180. The summed E-state index contributed by atoms with van der Waals surface area (Å²) in [5.41, 5.74) is 0.213. The minimum absolute atomic E-state index is 0.101. The van der Waals surface area contributed by atoms with Crippen LogP contribution in [0.4, 0.5) is 0 Å². The molecule has 0 aliphatic heterocycles. The predicted octanol–water partition coefficient (Wildman–Crippen LogP) is 7.02. The quantitative estimate of drug-likeness (QED) is 0.425. The number of ether oxygens (including phenoxy) is 3. The van der Waals surface area contributed by atoms with Gasteiger partial charge in [-0.1, -0.05) is 12.1 Å². The summed E-state index contributed by atoms with van der Waals surface area (Å²) in [5, 5.41) is 4.42. The van der Waals surface area contributed by atoms with Crippen molar-refractivity contribution in [3.05, 3.63) is 44.8 Å². The second-order valence-electron chi connectivity index (χ2n) is 10.5.